The second kappa shape index (κ2) is 6.57. The molecule has 0 spiro atoms. The second-order valence-corrected chi connectivity index (χ2v) is 5.59. The number of alkyl halides is 3. The SMILES string of the molecule is Cc1oc(CO)cc1S(=O)(=O)NCCOCC(F)(F)F. The second-order valence-electron chi connectivity index (χ2n) is 3.86. The topological polar surface area (TPSA) is 88.8 Å². The first-order valence-corrected chi connectivity index (χ1v) is 6.98. The van der Waals surface area contributed by atoms with Crippen LogP contribution in [0.1, 0.15) is 11.5 Å². The number of halogens is 3. The Balaban J connectivity index is 2.51. The van der Waals surface area contributed by atoms with Gasteiger partial charge in [-0.25, -0.2) is 13.1 Å². The first-order valence-electron chi connectivity index (χ1n) is 5.50. The molecule has 0 aromatic carbocycles. The molecule has 1 rings (SSSR count). The van der Waals surface area contributed by atoms with E-state index in [0.717, 1.165) is 6.07 Å². The third-order valence-corrected chi connectivity index (χ3v) is 3.74. The molecule has 0 saturated heterocycles. The molecule has 0 atom stereocenters. The highest BCUT2D eigenvalue weighted by molar-refractivity contribution is 7.89. The van der Waals surface area contributed by atoms with E-state index in [2.05, 4.69) is 9.46 Å². The Kier molecular flexibility index (Phi) is 5.57. The number of aliphatic hydroxyl groups excluding tert-OH is 1. The van der Waals surface area contributed by atoms with Crippen LogP contribution in [0, 0.1) is 6.92 Å². The predicted octanol–water partition coefficient (Wildman–Crippen LogP) is 0.938. The minimum absolute atomic E-state index is 0.0798. The largest absolute Gasteiger partial charge is 0.462 e. The van der Waals surface area contributed by atoms with Crippen molar-refractivity contribution >= 4 is 10.0 Å². The van der Waals surface area contributed by atoms with Gasteiger partial charge >= 0.3 is 6.18 Å². The minimum atomic E-state index is -4.45. The maximum atomic E-state index is 11.8. The maximum Gasteiger partial charge on any atom is 0.411 e. The fourth-order valence-corrected chi connectivity index (χ4v) is 2.60. The lowest BCUT2D eigenvalue weighted by Crippen LogP contribution is -2.29. The molecule has 0 aliphatic heterocycles. The lowest BCUT2D eigenvalue weighted by Gasteiger charge is -2.08. The third kappa shape index (κ3) is 5.12. The summed E-state index contributed by atoms with van der Waals surface area (Å²) in [5.74, 6) is 0.161. The Morgan fingerprint density at radius 1 is 1.45 bits per heavy atom. The molecule has 0 unspecified atom stereocenters. The average molecular weight is 317 g/mol. The molecule has 0 amide bonds. The van der Waals surface area contributed by atoms with Gasteiger partial charge in [0.15, 0.2) is 0 Å². The number of sulfonamides is 1. The number of aliphatic hydroxyl groups is 1. The number of hydrogen-bond acceptors (Lipinski definition) is 5. The van der Waals surface area contributed by atoms with Gasteiger partial charge in [-0.1, -0.05) is 0 Å². The van der Waals surface area contributed by atoms with E-state index in [1.165, 1.54) is 6.92 Å². The predicted molar refractivity (Wildman–Crippen MR) is 61.4 cm³/mol. The summed E-state index contributed by atoms with van der Waals surface area (Å²) >= 11 is 0. The van der Waals surface area contributed by atoms with Crippen LogP contribution in [0.4, 0.5) is 13.2 Å². The summed E-state index contributed by atoms with van der Waals surface area (Å²) in [7, 11) is -3.91. The molecule has 0 fully saturated rings. The van der Waals surface area contributed by atoms with Crippen molar-refractivity contribution in [2.24, 2.45) is 0 Å². The normalized spacial score (nSPS) is 12.8. The summed E-state index contributed by atoms with van der Waals surface area (Å²) in [5, 5.41) is 8.83. The van der Waals surface area contributed by atoms with E-state index in [0.29, 0.717) is 0 Å². The van der Waals surface area contributed by atoms with E-state index < -0.39 is 36.0 Å². The van der Waals surface area contributed by atoms with Crippen molar-refractivity contribution in [3.63, 3.8) is 0 Å². The van der Waals surface area contributed by atoms with Crippen LogP contribution in [0.15, 0.2) is 15.4 Å². The van der Waals surface area contributed by atoms with Crippen LogP contribution < -0.4 is 4.72 Å². The quantitative estimate of drug-likeness (QED) is 0.731. The van der Waals surface area contributed by atoms with Gasteiger partial charge < -0.3 is 14.3 Å². The van der Waals surface area contributed by atoms with Crippen LogP contribution in [-0.4, -0.2) is 39.5 Å². The molecule has 0 radical (unpaired) electrons. The molecule has 20 heavy (non-hydrogen) atoms. The highest BCUT2D eigenvalue weighted by Crippen LogP contribution is 2.19. The van der Waals surface area contributed by atoms with Crippen molar-refractivity contribution in [3.8, 4) is 0 Å². The van der Waals surface area contributed by atoms with Crippen molar-refractivity contribution in [2.75, 3.05) is 19.8 Å². The summed E-state index contributed by atoms with van der Waals surface area (Å²) in [6.45, 7) is -1.22. The number of rotatable bonds is 7. The standard InChI is InChI=1S/C10H14F3NO5S/c1-7-9(4-8(5-15)19-7)20(16,17)14-2-3-18-6-10(11,12)13/h4,14-15H,2-3,5-6H2,1H3. The van der Waals surface area contributed by atoms with E-state index in [1.807, 2.05) is 0 Å². The summed E-state index contributed by atoms with van der Waals surface area (Å²) in [6, 6.07) is 1.15. The van der Waals surface area contributed by atoms with Crippen molar-refractivity contribution in [1.82, 2.24) is 4.72 Å². The summed E-state index contributed by atoms with van der Waals surface area (Å²) < 4.78 is 70.3. The van der Waals surface area contributed by atoms with E-state index in [1.54, 1.807) is 0 Å². The van der Waals surface area contributed by atoms with Crippen molar-refractivity contribution in [2.45, 2.75) is 24.6 Å². The first-order chi connectivity index (χ1) is 9.15. The minimum Gasteiger partial charge on any atom is -0.462 e. The average Bonchev–Trinajstić information content (AvgIpc) is 2.69. The van der Waals surface area contributed by atoms with Crippen molar-refractivity contribution < 1.29 is 35.8 Å². The molecule has 6 nitrogen and oxygen atoms in total. The van der Waals surface area contributed by atoms with Crippen LogP contribution >= 0.6 is 0 Å². The van der Waals surface area contributed by atoms with E-state index in [9.17, 15) is 21.6 Å². The molecule has 1 aromatic heterocycles. The molecule has 1 aromatic rings. The molecule has 0 aliphatic rings. The summed E-state index contributed by atoms with van der Waals surface area (Å²) in [6.07, 6.45) is -4.45. The van der Waals surface area contributed by atoms with Crippen LogP contribution in [0.2, 0.25) is 0 Å². The van der Waals surface area contributed by atoms with E-state index >= 15 is 0 Å². The molecule has 0 saturated carbocycles. The van der Waals surface area contributed by atoms with Gasteiger partial charge in [-0.15, -0.1) is 0 Å². The molecule has 1 heterocycles. The van der Waals surface area contributed by atoms with Crippen LogP contribution in [0.5, 0.6) is 0 Å². The summed E-state index contributed by atoms with van der Waals surface area (Å²) in [5.41, 5.74) is 0. The lowest BCUT2D eigenvalue weighted by molar-refractivity contribution is -0.173. The number of hydrogen-bond donors (Lipinski definition) is 2. The van der Waals surface area contributed by atoms with Gasteiger partial charge in [0.05, 0.1) is 6.61 Å². The highest BCUT2D eigenvalue weighted by atomic mass is 32.2. The van der Waals surface area contributed by atoms with Crippen molar-refractivity contribution in [1.29, 1.82) is 0 Å². The number of aryl methyl sites for hydroxylation is 1. The Hall–Kier alpha value is -1.10. The first kappa shape index (κ1) is 17.0. The van der Waals surface area contributed by atoms with E-state index in [4.69, 9.17) is 9.52 Å². The molecule has 10 heteroatoms. The highest BCUT2D eigenvalue weighted by Gasteiger charge is 2.27. The fourth-order valence-electron chi connectivity index (χ4n) is 1.38. The number of nitrogens with one attached hydrogen (secondary N) is 1. The molecule has 0 bridgehead atoms. The Bertz CT molecular complexity index is 538. The molecule has 2 N–H and O–H groups in total. The van der Waals surface area contributed by atoms with Crippen LogP contribution in [0.3, 0.4) is 0 Å². The van der Waals surface area contributed by atoms with Gasteiger partial charge in [-0.2, -0.15) is 13.2 Å². The zero-order valence-corrected chi connectivity index (χ0v) is 11.3. The Morgan fingerprint density at radius 3 is 2.60 bits per heavy atom. The molecular weight excluding hydrogens is 303 g/mol. The monoisotopic (exact) mass is 317 g/mol. The lowest BCUT2D eigenvalue weighted by atomic mass is 10.4. The van der Waals surface area contributed by atoms with Crippen molar-refractivity contribution in [3.05, 3.63) is 17.6 Å². The van der Waals surface area contributed by atoms with Gasteiger partial charge in [0, 0.05) is 12.6 Å². The van der Waals surface area contributed by atoms with Gasteiger partial charge in [-0.3, -0.25) is 0 Å². The van der Waals surface area contributed by atoms with Gasteiger partial charge in [0.1, 0.15) is 29.6 Å². The van der Waals surface area contributed by atoms with Gasteiger partial charge in [0.25, 0.3) is 0 Å². The van der Waals surface area contributed by atoms with Crippen LogP contribution in [0.25, 0.3) is 0 Å². The number of furan rings is 1. The Morgan fingerprint density at radius 2 is 2.10 bits per heavy atom. The maximum absolute atomic E-state index is 11.8. The molecule has 0 aliphatic carbocycles. The zero-order chi connectivity index (χ0) is 15.4. The van der Waals surface area contributed by atoms with Gasteiger partial charge in [-0.05, 0) is 6.92 Å². The number of ether oxygens (including phenoxy) is 1. The fraction of sp³-hybridized carbons (Fsp3) is 0.600. The molecular formula is C10H14F3NO5S. The smallest absolute Gasteiger partial charge is 0.411 e. The Labute approximate surface area is 113 Å². The van der Waals surface area contributed by atoms with E-state index in [-0.39, 0.29) is 23.0 Å². The zero-order valence-electron chi connectivity index (χ0n) is 10.5. The molecule has 116 valence electrons. The van der Waals surface area contributed by atoms with Crippen LogP contribution in [-0.2, 0) is 21.4 Å². The van der Waals surface area contributed by atoms with Gasteiger partial charge in [0.2, 0.25) is 10.0 Å². The summed E-state index contributed by atoms with van der Waals surface area (Å²) in [4.78, 5) is -0.169. The third-order valence-electron chi connectivity index (χ3n) is 2.17.